The second-order valence-corrected chi connectivity index (χ2v) is 1.24. The van der Waals surface area contributed by atoms with Crippen LogP contribution in [0.1, 0.15) is 9.78 Å². The van der Waals surface area contributed by atoms with Crippen LogP contribution < -0.4 is 11.5 Å². The van der Waals surface area contributed by atoms with Crippen molar-refractivity contribution in [1.82, 2.24) is 0 Å². The summed E-state index contributed by atoms with van der Waals surface area (Å²) >= 11 is 3.35. The van der Waals surface area contributed by atoms with Gasteiger partial charge in [-0.2, -0.15) is 4.40 Å². The van der Waals surface area contributed by atoms with E-state index in [1.807, 2.05) is 0 Å². The quantitative estimate of drug-likeness (QED) is 0.172. The van der Waals surface area contributed by atoms with Crippen molar-refractivity contribution >= 4 is 62.5 Å². The number of nitrogens with two attached hydrogens (primary N) is 2. The maximum absolute atomic E-state index is 9.00. The Morgan fingerprint density at radius 2 is 1.80 bits per heavy atom. The van der Waals surface area contributed by atoms with E-state index in [0.717, 1.165) is 6.92 Å². The van der Waals surface area contributed by atoms with E-state index in [2.05, 4.69) is 17.2 Å². The smallest absolute Gasteiger partial charge is 1.00 e. The zero-order chi connectivity index (χ0) is 7.86. The van der Waals surface area contributed by atoms with Crippen molar-refractivity contribution in [3.05, 3.63) is 0 Å². The standard InChI is InChI=1S/C2H4O2.CH5N3S.Ca.2H/c1-2(3)4;2-1(3)4-5;;;/h1H3,(H,3,4);5H,(H4,2,3,4);;;/q;;+2;2*-1. The molecule has 0 aromatic heterocycles. The molecule has 0 aliphatic heterocycles. The summed E-state index contributed by atoms with van der Waals surface area (Å²) in [5.74, 6) is -0.840. The van der Waals surface area contributed by atoms with Gasteiger partial charge in [0.25, 0.3) is 5.97 Å². The third-order valence-electron chi connectivity index (χ3n) is 0.115. The number of aliphatic carboxylic acids is 1. The molecule has 5 N–H and O–H groups in total. The summed E-state index contributed by atoms with van der Waals surface area (Å²) in [6.07, 6.45) is 0. The number of carboxylic acids is 1. The van der Waals surface area contributed by atoms with Crippen LogP contribution in [0.2, 0.25) is 0 Å². The van der Waals surface area contributed by atoms with Gasteiger partial charge in [-0.1, -0.05) is 0 Å². The van der Waals surface area contributed by atoms with Crippen LogP contribution in [0.5, 0.6) is 0 Å². The van der Waals surface area contributed by atoms with Crippen molar-refractivity contribution in [3.8, 4) is 0 Å². The minimum atomic E-state index is -0.833. The Morgan fingerprint density at radius 1 is 1.70 bits per heavy atom. The summed E-state index contributed by atoms with van der Waals surface area (Å²) < 4.78 is 3.06. The van der Waals surface area contributed by atoms with Crippen LogP contribution in [-0.4, -0.2) is 54.8 Å². The minimum absolute atomic E-state index is 0. The minimum Gasteiger partial charge on any atom is -1.00 e. The molecule has 0 aromatic rings. The number of nitrogens with zero attached hydrogens (tertiary/aromatic N) is 1. The van der Waals surface area contributed by atoms with Crippen molar-refractivity contribution in [1.29, 1.82) is 0 Å². The molecule has 0 radical (unpaired) electrons. The molecule has 0 aliphatic carbocycles. The van der Waals surface area contributed by atoms with Gasteiger partial charge in [0.2, 0.25) is 0 Å². The van der Waals surface area contributed by atoms with Crippen LogP contribution in [0.3, 0.4) is 0 Å². The Balaban J connectivity index is -0.0000000221. The molecule has 7 heteroatoms. The van der Waals surface area contributed by atoms with Gasteiger partial charge in [-0.15, -0.1) is 0 Å². The Hall–Kier alpha value is 0.350. The number of rotatable bonds is 0. The van der Waals surface area contributed by atoms with Gasteiger partial charge in [0.1, 0.15) is 0 Å². The van der Waals surface area contributed by atoms with Crippen LogP contribution in [0.25, 0.3) is 0 Å². The fourth-order valence-corrected chi connectivity index (χ4v) is 0. The number of guanidine groups is 1. The summed E-state index contributed by atoms with van der Waals surface area (Å²) in [5.41, 5.74) is 9.49. The average molecular weight is 193 g/mol. The second-order valence-electron chi connectivity index (χ2n) is 1.04. The van der Waals surface area contributed by atoms with E-state index in [0.29, 0.717) is 0 Å². The summed E-state index contributed by atoms with van der Waals surface area (Å²) in [7, 11) is 0. The van der Waals surface area contributed by atoms with Crippen LogP contribution in [-0.2, 0) is 4.79 Å². The van der Waals surface area contributed by atoms with E-state index in [1.54, 1.807) is 0 Å². The van der Waals surface area contributed by atoms with Crippen LogP contribution in [0, 0.1) is 0 Å². The molecule has 58 valence electrons. The molecule has 0 amide bonds. The molecule has 0 spiro atoms. The molecule has 0 bridgehead atoms. The number of hydrogen-bond donors (Lipinski definition) is 4. The van der Waals surface area contributed by atoms with Crippen LogP contribution in [0.15, 0.2) is 4.40 Å². The van der Waals surface area contributed by atoms with E-state index >= 15 is 0 Å². The third kappa shape index (κ3) is 81.7. The van der Waals surface area contributed by atoms with Crippen molar-refractivity contribution in [2.45, 2.75) is 6.92 Å². The first-order valence-corrected chi connectivity index (χ1v) is 2.33. The molecular formula is C3H11CaN3O2S. The predicted molar refractivity (Wildman–Crippen MR) is 46.1 cm³/mol. The zero-order valence-electron chi connectivity index (χ0n) is 7.61. The monoisotopic (exact) mass is 193 g/mol. The van der Waals surface area contributed by atoms with Gasteiger partial charge < -0.3 is 19.4 Å². The molecule has 0 atom stereocenters. The molecule has 10 heavy (non-hydrogen) atoms. The fraction of sp³-hybridized carbons (Fsp3) is 0.333. The zero-order valence-corrected chi connectivity index (χ0v) is 8.71. The van der Waals surface area contributed by atoms with Crippen molar-refractivity contribution in [3.63, 3.8) is 0 Å². The summed E-state index contributed by atoms with van der Waals surface area (Å²) in [6, 6.07) is 0. The Morgan fingerprint density at radius 3 is 1.80 bits per heavy atom. The molecule has 5 nitrogen and oxygen atoms in total. The second kappa shape index (κ2) is 12.1. The molecule has 0 saturated carbocycles. The van der Waals surface area contributed by atoms with Gasteiger partial charge in [-0.25, -0.2) is 0 Å². The van der Waals surface area contributed by atoms with Gasteiger partial charge in [0.15, 0.2) is 5.96 Å². The maximum atomic E-state index is 9.00. The Bertz CT molecular complexity index is 118. The first-order chi connectivity index (χ1) is 4.00. The van der Waals surface area contributed by atoms with Crippen LogP contribution in [0.4, 0.5) is 0 Å². The Kier molecular flexibility index (Phi) is 20.2. The first-order valence-electron chi connectivity index (χ1n) is 1.93. The summed E-state index contributed by atoms with van der Waals surface area (Å²) in [4.78, 5) is 9.00. The van der Waals surface area contributed by atoms with E-state index in [4.69, 9.17) is 21.4 Å². The molecule has 0 aliphatic rings. The first kappa shape index (κ1) is 16.7. The molecular weight excluding hydrogens is 182 g/mol. The van der Waals surface area contributed by atoms with Crippen molar-refractivity contribution < 1.29 is 12.8 Å². The number of carboxylic acid groups (broad SMARTS) is 1. The molecule has 0 heterocycles. The SMILES string of the molecule is CC(=O)O.NC(N)=NS.[Ca+2].[H-].[H-]. The average Bonchev–Trinajstić information content (AvgIpc) is 1.65. The summed E-state index contributed by atoms with van der Waals surface area (Å²) in [6.45, 7) is 1.08. The topological polar surface area (TPSA) is 102 Å². The fourth-order valence-electron chi connectivity index (χ4n) is 0. The number of hydrogen-bond acceptors (Lipinski definition) is 3. The number of carbonyl (C=O) groups is 1. The summed E-state index contributed by atoms with van der Waals surface area (Å²) in [5, 5.41) is 7.42. The molecule has 0 fully saturated rings. The molecule has 0 unspecified atom stereocenters. The van der Waals surface area contributed by atoms with E-state index in [-0.39, 0.29) is 46.6 Å². The van der Waals surface area contributed by atoms with Gasteiger partial charge in [-0.3, -0.25) is 4.79 Å². The molecule has 0 rings (SSSR count). The predicted octanol–water partition coefficient (Wildman–Crippen LogP) is -0.960. The van der Waals surface area contributed by atoms with Gasteiger partial charge >= 0.3 is 37.7 Å². The van der Waals surface area contributed by atoms with Crippen molar-refractivity contribution in [2.24, 2.45) is 15.9 Å². The maximum Gasteiger partial charge on any atom is 2.00 e. The van der Waals surface area contributed by atoms with Gasteiger partial charge in [0, 0.05) is 6.92 Å². The molecule has 0 aromatic carbocycles. The molecule has 0 saturated heterocycles. The normalized spacial score (nSPS) is 5.80. The largest absolute Gasteiger partial charge is 2.00 e. The third-order valence-corrected chi connectivity index (χ3v) is 0.346. The van der Waals surface area contributed by atoms with Gasteiger partial charge in [0.05, 0.1) is 0 Å². The van der Waals surface area contributed by atoms with Gasteiger partial charge in [-0.05, 0) is 12.8 Å². The van der Waals surface area contributed by atoms with E-state index in [9.17, 15) is 0 Å². The Labute approximate surface area is 97.4 Å². The van der Waals surface area contributed by atoms with E-state index < -0.39 is 5.97 Å². The van der Waals surface area contributed by atoms with Crippen molar-refractivity contribution in [2.75, 3.05) is 0 Å². The number of thiol groups is 1. The van der Waals surface area contributed by atoms with Crippen LogP contribution >= 0.6 is 12.8 Å². The van der Waals surface area contributed by atoms with E-state index in [1.165, 1.54) is 0 Å².